The lowest BCUT2D eigenvalue weighted by Crippen LogP contribution is -2.32. The highest BCUT2D eigenvalue weighted by atomic mass is 19.1. The van der Waals surface area contributed by atoms with E-state index in [1.54, 1.807) is 31.3 Å². The first-order valence-electron chi connectivity index (χ1n) is 8.85. The van der Waals surface area contributed by atoms with Gasteiger partial charge in [-0.05, 0) is 67.2 Å². The van der Waals surface area contributed by atoms with Gasteiger partial charge in [-0.25, -0.2) is 9.37 Å². The molecule has 1 aromatic heterocycles. The summed E-state index contributed by atoms with van der Waals surface area (Å²) >= 11 is 0. The summed E-state index contributed by atoms with van der Waals surface area (Å²) in [6.45, 7) is 3.53. The molecular formula is C22H19FN2O2. The third-order valence-electron chi connectivity index (χ3n) is 5.37. The van der Waals surface area contributed by atoms with E-state index in [1.807, 2.05) is 25.1 Å². The minimum Gasteiger partial charge on any atom is -0.480 e. The highest BCUT2D eigenvalue weighted by Gasteiger charge is 2.43. The zero-order valence-electron chi connectivity index (χ0n) is 15.2. The second kappa shape index (κ2) is 6.27. The largest absolute Gasteiger partial charge is 0.480 e. The Hall–Kier alpha value is -3.08. The SMILES string of the molecule is Cc1cnc2cc(C3=C[C@](C(=O)O)(c4cccc(F)c4C)CC3)ccc2n1. The van der Waals surface area contributed by atoms with E-state index in [2.05, 4.69) is 9.97 Å². The van der Waals surface area contributed by atoms with Crippen LogP contribution < -0.4 is 0 Å². The lowest BCUT2D eigenvalue weighted by atomic mass is 9.78. The van der Waals surface area contributed by atoms with E-state index in [1.165, 1.54) is 6.07 Å². The molecule has 1 atom stereocenters. The van der Waals surface area contributed by atoms with E-state index in [9.17, 15) is 14.3 Å². The number of carbonyl (C=O) groups is 1. The van der Waals surface area contributed by atoms with E-state index < -0.39 is 11.4 Å². The van der Waals surface area contributed by atoms with E-state index in [0.717, 1.165) is 27.9 Å². The van der Waals surface area contributed by atoms with E-state index in [0.29, 0.717) is 24.0 Å². The van der Waals surface area contributed by atoms with Crippen LogP contribution in [0.25, 0.3) is 16.6 Å². The first kappa shape index (κ1) is 17.3. The number of aliphatic carboxylic acids is 1. The molecule has 4 nitrogen and oxygen atoms in total. The zero-order valence-corrected chi connectivity index (χ0v) is 15.2. The summed E-state index contributed by atoms with van der Waals surface area (Å²) in [5, 5.41) is 10.0. The molecular weight excluding hydrogens is 343 g/mol. The minimum atomic E-state index is -1.21. The molecule has 0 fully saturated rings. The van der Waals surface area contributed by atoms with Crippen molar-refractivity contribution in [1.82, 2.24) is 9.97 Å². The topological polar surface area (TPSA) is 63.1 Å². The number of hydrogen-bond acceptors (Lipinski definition) is 3. The first-order valence-corrected chi connectivity index (χ1v) is 8.85. The molecule has 0 unspecified atom stereocenters. The Bertz CT molecular complexity index is 1110. The monoisotopic (exact) mass is 362 g/mol. The maximum atomic E-state index is 14.1. The van der Waals surface area contributed by atoms with Crippen LogP contribution >= 0.6 is 0 Å². The molecule has 0 bridgehead atoms. The van der Waals surface area contributed by atoms with E-state index in [4.69, 9.17) is 0 Å². The molecule has 0 amide bonds. The number of hydrogen-bond donors (Lipinski definition) is 1. The van der Waals surface area contributed by atoms with Gasteiger partial charge in [0.25, 0.3) is 0 Å². The molecule has 4 rings (SSSR count). The summed E-state index contributed by atoms with van der Waals surface area (Å²) in [7, 11) is 0. The Morgan fingerprint density at radius 1 is 1.19 bits per heavy atom. The molecule has 3 aromatic rings. The van der Waals surface area contributed by atoms with Crippen molar-refractivity contribution in [2.24, 2.45) is 0 Å². The predicted octanol–water partition coefficient (Wildman–Crippen LogP) is 4.59. The second-order valence-electron chi connectivity index (χ2n) is 7.07. The Kier molecular flexibility index (Phi) is 4.02. The number of nitrogens with zero attached hydrogens (tertiary/aromatic N) is 2. The molecule has 1 N–H and O–H groups in total. The van der Waals surface area contributed by atoms with Crippen molar-refractivity contribution in [3.8, 4) is 0 Å². The normalized spacial score (nSPS) is 19.3. The van der Waals surface area contributed by atoms with Crippen LogP contribution in [0.4, 0.5) is 4.39 Å². The van der Waals surface area contributed by atoms with Crippen molar-refractivity contribution >= 4 is 22.6 Å². The second-order valence-corrected chi connectivity index (χ2v) is 7.07. The Balaban J connectivity index is 1.83. The number of fused-ring (bicyclic) bond motifs is 1. The molecule has 0 aliphatic heterocycles. The Labute approximate surface area is 156 Å². The van der Waals surface area contributed by atoms with Gasteiger partial charge >= 0.3 is 5.97 Å². The summed E-state index contributed by atoms with van der Waals surface area (Å²) in [4.78, 5) is 21.1. The molecule has 5 heteroatoms. The van der Waals surface area contributed by atoms with E-state index >= 15 is 0 Å². The number of aryl methyl sites for hydroxylation is 1. The van der Waals surface area contributed by atoms with Gasteiger partial charge in [0.15, 0.2) is 0 Å². The smallest absolute Gasteiger partial charge is 0.318 e. The Morgan fingerprint density at radius 2 is 2.00 bits per heavy atom. The molecule has 0 spiro atoms. The lowest BCUT2D eigenvalue weighted by molar-refractivity contribution is -0.141. The summed E-state index contributed by atoms with van der Waals surface area (Å²) < 4.78 is 14.1. The number of rotatable bonds is 3. The van der Waals surface area contributed by atoms with Gasteiger partial charge in [-0.1, -0.05) is 24.3 Å². The van der Waals surface area contributed by atoms with Gasteiger partial charge in [0, 0.05) is 6.20 Å². The van der Waals surface area contributed by atoms with E-state index in [-0.39, 0.29) is 5.82 Å². The summed E-state index contributed by atoms with van der Waals surface area (Å²) in [5.74, 6) is -1.34. The molecule has 1 aliphatic carbocycles. The number of halogens is 1. The van der Waals surface area contributed by atoms with Crippen molar-refractivity contribution < 1.29 is 14.3 Å². The Morgan fingerprint density at radius 3 is 2.78 bits per heavy atom. The van der Waals surface area contributed by atoms with Crippen molar-refractivity contribution in [2.75, 3.05) is 0 Å². The summed E-state index contributed by atoms with van der Waals surface area (Å²) in [6.07, 6.45) is 4.50. The highest BCUT2D eigenvalue weighted by molar-refractivity contribution is 5.91. The molecule has 2 aromatic carbocycles. The highest BCUT2D eigenvalue weighted by Crippen LogP contribution is 2.44. The lowest BCUT2D eigenvalue weighted by Gasteiger charge is -2.24. The van der Waals surface area contributed by atoms with Crippen molar-refractivity contribution in [2.45, 2.75) is 32.1 Å². The fourth-order valence-electron chi connectivity index (χ4n) is 3.89. The average molecular weight is 362 g/mol. The molecule has 0 radical (unpaired) electrons. The van der Waals surface area contributed by atoms with Crippen molar-refractivity contribution in [3.63, 3.8) is 0 Å². The molecule has 27 heavy (non-hydrogen) atoms. The van der Waals surface area contributed by atoms with Gasteiger partial charge in [-0.2, -0.15) is 0 Å². The zero-order chi connectivity index (χ0) is 19.2. The van der Waals surface area contributed by atoms with Crippen LogP contribution in [-0.2, 0) is 10.2 Å². The van der Waals surface area contributed by atoms with Crippen LogP contribution in [0.1, 0.15) is 35.2 Å². The maximum Gasteiger partial charge on any atom is 0.318 e. The van der Waals surface area contributed by atoms with Crippen LogP contribution in [0.5, 0.6) is 0 Å². The fraction of sp³-hybridized carbons (Fsp3) is 0.227. The van der Waals surface area contributed by atoms with Gasteiger partial charge < -0.3 is 5.11 Å². The van der Waals surface area contributed by atoms with Gasteiger partial charge in [0.2, 0.25) is 0 Å². The molecule has 136 valence electrons. The van der Waals surface area contributed by atoms with Crippen LogP contribution in [0.2, 0.25) is 0 Å². The number of aromatic nitrogens is 2. The van der Waals surface area contributed by atoms with Gasteiger partial charge in [0.05, 0.1) is 16.7 Å². The van der Waals surface area contributed by atoms with Crippen LogP contribution in [0.3, 0.4) is 0 Å². The molecule has 0 saturated heterocycles. The van der Waals surface area contributed by atoms with Crippen molar-refractivity contribution in [1.29, 1.82) is 0 Å². The van der Waals surface area contributed by atoms with Crippen LogP contribution in [0, 0.1) is 19.7 Å². The number of benzene rings is 2. The molecule has 1 heterocycles. The first-order chi connectivity index (χ1) is 12.9. The van der Waals surface area contributed by atoms with Gasteiger partial charge in [-0.15, -0.1) is 0 Å². The third-order valence-corrected chi connectivity index (χ3v) is 5.37. The van der Waals surface area contributed by atoms with Crippen LogP contribution in [0.15, 0.2) is 48.7 Å². The third kappa shape index (κ3) is 2.79. The average Bonchev–Trinajstić information content (AvgIpc) is 3.10. The number of carboxylic acids is 1. The van der Waals surface area contributed by atoms with Gasteiger partial charge in [-0.3, -0.25) is 9.78 Å². The standard InChI is InChI=1S/C22H19FN2O2/c1-13-12-24-20-10-15(6-7-19(20)25-13)16-8-9-22(11-16,21(26)27)17-4-3-5-18(23)14(17)2/h3-7,10-12H,8-9H2,1-2H3,(H,26,27)/t22-/m0/s1. The molecule has 1 aliphatic rings. The molecule has 0 saturated carbocycles. The predicted molar refractivity (Wildman–Crippen MR) is 102 cm³/mol. The number of allylic oxidation sites excluding steroid dienone is 1. The van der Waals surface area contributed by atoms with Crippen LogP contribution in [-0.4, -0.2) is 21.0 Å². The van der Waals surface area contributed by atoms with Gasteiger partial charge in [0.1, 0.15) is 11.2 Å². The fourth-order valence-corrected chi connectivity index (χ4v) is 3.89. The minimum absolute atomic E-state index is 0.383. The summed E-state index contributed by atoms with van der Waals surface area (Å²) in [6, 6.07) is 10.4. The van der Waals surface area contributed by atoms with Crippen molar-refractivity contribution in [3.05, 3.63) is 76.9 Å². The summed E-state index contributed by atoms with van der Waals surface area (Å²) in [5.41, 5.74) is 3.98. The number of carboxylic acid groups (broad SMARTS) is 1. The quantitative estimate of drug-likeness (QED) is 0.740. The maximum absolute atomic E-state index is 14.1.